The van der Waals surface area contributed by atoms with Crippen molar-refractivity contribution in [2.45, 2.75) is 20.0 Å². The number of furan rings is 1. The second-order valence-electron chi connectivity index (χ2n) is 5.84. The van der Waals surface area contributed by atoms with Gasteiger partial charge in [0.05, 0.1) is 13.7 Å². The summed E-state index contributed by atoms with van der Waals surface area (Å²) in [7, 11) is 1.31. The lowest BCUT2D eigenvalue weighted by molar-refractivity contribution is -0.151. The highest BCUT2D eigenvalue weighted by Gasteiger charge is 2.25. The lowest BCUT2D eigenvalue weighted by atomic mass is 10.1. The van der Waals surface area contributed by atoms with Crippen LogP contribution in [0.25, 0.3) is 11.0 Å². The zero-order valence-corrected chi connectivity index (χ0v) is 15.4. The van der Waals surface area contributed by atoms with E-state index in [1.807, 2.05) is 18.2 Å². The number of ether oxygens (including phenoxy) is 3. The lowest BCUT2D eigenvalue weighted by Crippen LogP contribution is -2.21. The van der Waals surface area contributed by atoms with Gasteiger partial charge in [0.2, 0.25) is 6.10 Å². The van der Waals surface area contributed by atoms with Crippen molar-refractivity contribution in [2.75, 3.05) is 13.7 Å². The minimum Gasteiger partial charge on any atom is -0.474 e. The number of hydrogen-bond donors (Lipinski definition) is 0. The van der Waals surface area contributed by atoms with Gasteiger partial charge in [-0.2, -0.15) is 0 Å². The molecule has 6 heteroatoms. The fraction of sp³-hybridized carbons (Fsp3) is 0.238. The Bertz CT molecular complexity index is 957. The first-order valence-corrected chi connectivity index (χ1v) is 8.54. The van der Waals surface area contributed by atoms with Gasteiger partial charge in [0.1, 0.15) is 22.7 Å². The van der Waals surface area contributed by atoms with E-state index in [1.54, 1.807) is 44.2 Å². The number of aryl methyl sites for hydroxylation is 1. The molecule has 1 heterocycles. The van der Waals surface area contributed by atoms with Crippen LogP contribution in [-0.2, 0) is 14.3 Å². The van der Waals surface area contributed by atoms with Crippen molar-refractivity contribution < 1.29 is 28.2 Å². The zero-order valence-electron chi connectivity index (χ0n) is 15.4. The van der Waals surface area contributed by atoms with Crippen molar-refractivity contribution in [3.63, 3.8) is 0 Å². The predicted octanol–water partition coefficient (Wildman–Crippen LogP) is 4.21. The van der Waals surface area contributed by atoms with Gasteiger partial charge >= 0.3 is 11.9 Å². The zero-order chi connectivity index (χ0) is 19.4. The Kier molecular flexibility index (Phi) is 5.45. The third-order valence-electron chi connectivity index (χ3n) is 4.08. The van der Waals surface area contributed by atoms with Crippen LogP contribution in [0.15, 0.2) is 52.9 Å². The smallest absolute Gasteiger partial charge is 0.352 e. The first-order valence-electron chi connectivity index (χ1n) is 8.54. The summed E-state index contributed by atoms with van der Waals surface area (Å²) in [5.74, 6) is -0.108. The molecule has 6 nitrogen and oxygen atoms in total. The van der Waals surface area contributed by atoms with E-state index in [1.165, 1.54) is 7.11 Å². The van der Waals surface area contributed by atoms with Crippen molar-refractivity contribution in [2.24, 2.45) is 0 Å². The van der Waals surface area contributed by atoms with Crippen molar-refractivity contribution in [3.05, 3.63) is 65.4 Å². The normalized spacial score (nSPS) is 11.8. The Morgan fingerprint density at radius 1 is 1.11 bits per heavy atom. The van der Waals surface area contributed by atoms with Gasteiger partial charge in [0.25, 0.3) is 0 Å². The van der Waals surface area contributed by atoms with Gasteiger partial charge in [-0.25, -0.2) is 9.59 Å². The highest BCUT2D eigenvalue weighted by atomic mass is 16.6. The average molecular weight is 368 g/mol. The molecule has 0 aliphatic carbocycles. The molecule has 0 aliphatic heterocycles. The number of rotatable bonds is 6. The molecule has 0 aliphatic rings. The topological polar surface area (TPSA) is 75.0 Å². The number of carbonyl (C=O) groups is 2. The molecule has 0 saturated heterocycles. The third-order valence-corrected chi connectivity index (χ3v) is 4.08. The molecule has 0 saturated carbocycles. The number of hydrogen-bond acceptors (Lipinski definition) is 6. The monoisotopic (exact) mass is 368 g/mol. The predicted molar refractivity (Wildman–Crippen MR) is 98.7 cm³/mol. The summed E-state index contributed by atoms with van der Waals surface area (Å²) in [6.07, 6.45) is -0.918. The Balaban J connectivity index is 2.00. The molecule has 2 aromatic carbocycles. The van der Waals surface area contributed by atoms with E-state index in [4.69, 9.17) is 18.6 Å². The Morgan fingerprint density at radius 3 is 2.52 bits per heavy atom. The van der Waals surface area contributed by atoms with Gasteiger partial charge in [-0.15, -0.1) is 0 Å². The molecule has 140 valence electrons. The second-order valence-corrected chi connectivity index (χ2v) is 5.84. The first kappa shape index (κ1) is 18.5. The fourth-order valence-corrected chi connectivity index (χ4v) is 2.86. The summed E-state index contributed by atoms with van der Waals surface area (Å²) < 4.78 is 21.5. The van der Waals surface area contributed by atoms with Crippen LogP contribution in [-0.4, -0.2) is 25.7 Å². The van der Waals surface area contributed by atoms with Gasteiger partial charge in [-0.1, -0.05) is 30.3 Å². The van der Waals surface area contributed by atoms with Crippen molar-refractivity contribution >= 4 is 22.9 Å². The molecule has 1 atom stereocenters. The van der Waals surface area contributed by atoms with Crippen LogP contribution in [0.3, 0.4) is 0 Å². The molecule has 0 bridgehead atoms. The molecular formula is C21H20O6. The number of benzene rings is 2. The second kappa shape index (κ2) is 7.95. The standard InChI is InChI=1S/C21H20O6/c1-4-25-21(23)19(14-8-6-5-7-9-14)27-15-10-11-17-16(12-15)18(13(2)26-17)20(22)24-3/h5-12,19H,4H2,1-3H3. The lowest BCUT2D eigenvalue weighted by Gasteiger charge is -2.18. The minimum atomic E-state index is -0.918. The van der Waals surface area contributed by atoms with Crippen LogP contribution in [0.4, 0.5) is 0 Å². The maximum atomic E-state index is 12.4. The van der Waals surface area contributed by atoms with E-state index in [0.29, 0.717) is 33.6 Å². The third kappa shape index (κ3) is 3.79. The van der Waals surface area contributed by atoms with Gasteiger partial charge in [0, 0.05) is 10.9 Å². The molecule has 0 spiro atoms. The minimum absolute atomic E-state index is 0.248. The van der Waals surface area contributed by atoms with E-state index in [-0.39, 0.29) is 6.61 Å². The van der Waals surface area contributed by atoms with Crippen LogP contribution >= 0.6 is 0 Å². The molecule has 1 aromatic heterocycles. The van der Waals surface area contributed by atoms with Crippen molar-refractivity contribution in [1.29, 1.82) is 0 Å². The summed E-state index contributed by atoms with van der Waals surface area (Å²) in [4.78, 5) is 24.5. The van der Waals surface area contributed by atoms with E-state index < -0.39 is 18.0 Å². The molecule has 0 amide bonds. The van der Waals surface area contributed by atoms with Crippen LogP contribution in [0.1, 0.15) is 34.7 Å². The number of methoxy groups -OCH3 is 1. The van der Waals surface area contributed by atoms with Gasteiger partial charge in [-0.3, -0.25) is 0 Å². The Hall–Kier alpha value is -3.28. The summed E-state index contributed by atoms with van der Waals surface area (Å²) in [6.45, 7) is 3.68. The number of carbonyl (C=O) groups excluding carboxylic acids is 2. The summed E-state index contributed by atoms with van der Waals surface area (Å²) in [6, 6.07) is 14.1. The Morgan fingerprint density at radius 2 is 1.85 bits per heavy atom. The summed E-state index contributed by atoms with van der Waals surface area (Å²) >= 11 is 0. The molecule has 27 heavy (non-hydrogen) atoms. The maximum absolute atomic E-state index is 12.4. The number of fused-ring (bicyclic) bond motifs is 1. The van der Waals surface area contributed by atoms with Gasteiger partial charge < -0.3 is 18.6 Å². The largest absolute Gasteiger partial charge is 0.474 e. The summed E-state index contributed by atoms with van der Waals surface area (Å²) in [5, 5.41) is 0.563. The molecule has 0 fully saturated rings. The van der Waals surface area contributed by atoms with Gasteiger partial charge in [0.15, 0.2) is 0 Å². The van der Waals surface area contributed by atoms with E-state index >= 15 is 0 Å². The van der Waals surface area contributed by atoms with E-state index in [2.05, 4.69) is 0 Å². The quantitative estimate of drug-likeness (QED) is 0.607. The molecule has 3 rings (SSSR count). The molecular weight excluding hydrogens is 348 g/mol. The fourth-order valence-electron chi connectivity index (χ4n) is 2.86. The first-order chi connectivity index (χ1) is 13.0. The van der Waals surface area contributed by atoms with Crippen LogP contribution < -0.4 is 4.74 Å². The highest BCUT2D eigenvalue weighted by molar-refractivity contribution is 6.04. The van der Waals surface area contributed by atoms with Crippen molar-refractivity contribution in [1.82, 2.24) is 0 Å². The summed E-state index contributed by atoms with van der Waals surface area (Å²) in [5.41, 5.74) is 1.55. The van der Waals surface area contributed by atoms with E-state index in [9.17, 15) is 9.59 Å². The Labute approximate surface area is 156 Å². The maximum Gasteiger partial charge on any atom is 0.352 e. The van der Waals surface area contributed by atoms with Crippen LogP contribution in [0.5, 0.6) is 5.75 Å². The van der Waals surface area contributed by atoms with Crippen molar-refractivity contribution in [3.8, 4) is 5.75 Å². The average Bonchev–Trinajstić information content (AvgIpc) is 3.01. The molecule has 0 N–H and O–H groups in total. The SMILES string of the molecule is CCOC(=O)C(Oc1ccc2oc(C)c(C(=O)OC)c2c1)c1ccccc1. The van der Waals surface area contributed by atoms with Gasteiger partial charge in [-0.05, 0) is 32.0 Å². The highest BCUT2D eigenvalue weighted by Crippen LogP contribution is 2.32. The molecule has 0 radical (unpaired) electrons. The molecule has 1 unspecified atom stereocenters. The van der Waals surface area contributed by atoms with Crippen LogP contribution in [0.2, 0.25) is 0 Å². The molecule has 3 aromatic rings. The van der Waals surface area contributed by atoms with E-state index in [0.717, 1.165) is 0 Å². The number of esters is 2. The van der Waals surface area contributed by atoms with Crippen LogP contribution in [0, 0.1) is 6.92 Å².